The van der Waals surface area contributed by atoms with Gasteiger partial charge in [-0.15, -0.1) is 0 Å². The summed E-state index contributed by atoms with van der Waals surface area (Å²) < 4.78 is 3.90. The maximum absolute atomic E-state index is 4.29. The van der Waals surface area contributed by atoms with Crippen LogP contribution in [0.4, 0.5) is 0 Å². The molecule has 0 bridgehead atoms. The van der Waals surface area contributed by atoms with Gasteiger partial charge in [-0.3, -0.25) is 9.25 Å². The molecular formula is C15H17N5. The number of nitrogens with one attached hydrogen (secondary N) is 1. The monoisotopic (exact) mass is 267 g/mol. The van der Waals surface area contributed by atoms with Gasteiger partial charge in [-0.05, 0) is 18.7 Å². The molecule has 0 unspecified atom stereocenters. The molecule has 0 spiro atoms. The fourth-order valence-corrected chi connectivity index (χ4v) is 2.34. The van der Waals surface area contributed by atoms with Crippen LogP contribution in [0.1, 0.15) is 5.56 Å². The summed E-state index contributed by atoms with van der Waals surface area (Å²) in [4.78, 5) is 4.29. The number of hydrogen-bond acceptors (Lipinski definition) is 3. The van der Waals surface area contributed by atoms with Crippen molar-refractivity contribution in [3.63, 3.8) is 0 Å². The van der Waals surface area contributed by atoms with Gasteiger partial charge in [-0.2, -0.15) is 5.10 Å². The molecule has 0 amide bonds. The summed E-state index contributed by atoms with van der Waals surface area (Å²) >= 11 is 0. The van der Waals surface area contributed by atoms with E-state index in [0.29, 0.717) is 0 Å². The van der Waals surface area contributed by atoms with Crippen LogP contribution in [0, 0.1) is 0 Å². The fourth-order valence-electron chi connectivity index (χ4n) is 2.34. The van der Waals surface area contributed by atoms with Crippen LogP contribution in [0.15, 0.2) is 49.2 Å². The molecule has 1 N–H and O–H groups in total. The molecule has 0 fully saturated rings. The summed E-state index contributed by atoms with van der Waals surface area (Å²) in [6, 6.07) is 8.32. The van der Waals surface area contributed by atoms with Crippen molar-refractivity contribution in [3.05, 3.63) is 54.7 Å². The molecule has 0 radical (unpaired) electrons. The van der Waals surface area contributed by atoms with E-state index in [1.165, 1.54) is 5.56 Å². The van der Waals surface area contributed by atoms with Gasteiger partial charge in [0, 0.05) is 25.4 Å². The third-order valence-electron chi connectivity index (χ3n) is 3.26. The standard InChI is InChI=1S/C15H17N5/c1-16-7-12-5-3-4-6-14(12)20-11-17-9-15(20)13-8-18-19(2)10-13/h3-6,8-11,16H,7H2,1-2H3. The number of aromatic nitrogens is 4. The van der Waals surface area contributed by atoms with E-state index in [1.807, 2.05) is 45.1 Å². The van der Waals surface area contributed by atoms with Crippen LogP contribution in [0.5, 0.6) is 0 Å². The van der Waals surface area contributed by atoms with Crippen LogP contribution in [0.2, 0.25) is 0 Å². The molecule has 5 nitrogen and oxygen atoms in total. The molecular weight excluding hydrogens is 250 g/mol. The summed E-state index contributed by atoms with van der Waals surface area (Å²) in [7, 11) is 3.87. The van der Waals surface area contributed by atoms with Gasteiger partial charge < -0.3 is 5.32 Å². The van der Waals surface area contributed by atoms with Crippen molar-refractivity contribution in [3.8, 4) is 16.9 Å². The molecule has 0 saturated carbocycles. The predicted octanol–water partition coefficient (Wildman–Crippen LogP) is 1.99. The summed E-state index contributed by atoms with van der Waals surface area (Å²) in [6.07, 6.45) is 7.56. The van der Waals surface area contributed by atoms with E-state index in [2.05, 4.69) is 38.2 Å². The zero-order valence-electron chi connectivity index (χ0n) is 11.6. The molecule has 1 aromatic carbocycles. The van der Waals surface area contributed by atoms with Crippen LogP contribution in [0.25, 0.3) is 16.9 Å². The average Bonchev–Trinajstić information content (AvgIpc) is 3.08. The minimum atomic E-state index is 0.820. The number of nitrogens with zero attached hydrogens (tertiary/aromatic N) is 4. The Balaban J connectivity index is 2.10. The molecule has 20 heavy (non-hydrogen) atoms. The number of aryl methyl sites for hydroxylation is 1. The Morgan fingerprint density at radius 3 is 2.80 bits per heavy atom. The lowest BCUT2D eigenvalue weighted by atomic mass is 10.1. The molecule has 2 aromatic heterocycles. The minimum Gasteiger partial charge on any atom is -0.316 e. The number of hydrogen-bond donors (Lipinski definition) is 1. The highest BCUT2D eigenvalue weighted by atomic mass is 15.2. The van der Waals surface area contributed by atoms with Gasteiger partial charge in [-0.25, -0.2) is 4.98 Å². The molecule has 5 heteroatoms. The molecule has 0 aliphatic rings. The Morgan fingerprint density at radius 1 is 1.20 bits per heavy atom. The van der Waals surface area contributed by atoms with Crippen LogP contribution < -0.4 is 5.32 Å². The van der Waals surface area contributed by atoms with Gasteiger partial charge in [0.2, 0.25) is 0 Å². The largest absolute Gasteiger partial charge is 0.316 e. The quantitative estimate of drug-likeness (QED) is 0.786. The first-order valence-corrected chi connectivity index (χ1v) is 6.54. The Kier molecular flexibility index (Phi) is 3.35. The van der Waals surface area contributed by atoms with Crippen molar-refractivity contribution >= 4 is 0 Å². The van der Waals surface area contributed by atoms with E-state index in [1.54, 1.807) is 4.68 Å². The maximum Gasteiger partial charge on any atom is 0.0997 e. The summed E-state index contributed by atoms with van der Waals surface area (Å²) in [5, 5.41) is 7.43. The smallest absolute Gasteiger partial charge is 0.0997 e. The number of para-hydroxylation sites is 1. The van der Waals surface area contributed by atoms with E-state index >= 15 is 0 Å². The average molecular weight is 267 g/mol. The second-order valence-corrected chi connectivity index (χ2v) is 4.71. The van der Waals surface area contributed by atoms with Crippen LogP contribution >= 0.6 is 0 Å². The lowest BCUT2D eigenvalue weighted by molar-refractivity contribution is 0.768. The second-order valence-electron chi connectivity index (χ2n) is 4.71. The molecule has 0 saturated heterocycles. The van der Waals surface area contributed by atoms with Gasteiger partial charge in [0.05, 0.1) is 30.1 Å². The lowest BCUT2D eigenvalue weighted by Gasteiger charge is -2.12. The van der Waals surface area contributed by atoms with Crippen molar-refractivity contribution in [2.45, 2.75) is 6.54 Å². The van der Waals surface area contributed by atoms with Crippen LogP contribution in [-0.2, 0) is 13.6 Å². The number of benzene rings is 1. The Hall–Kier alpha value is -2.40. The first kappa shape index (κ1) is 12.6. The summed E-state index contributed by atoms with van der Waals surface area (Å²) in [5.41, 5.74) is 4.47. The van der Waals surface area contributed by atoms with Crippen molar-refractivity contribution in [1.82, 2.24) is 24.6 Å². The highest BCUT2D eigenvalue weighted by molar-refractivity contribution is 5.61. The topological polar surface area (TPSA) is 47.7 Å². The third-order valence-corrected chi connectivity index (χ3v) is 3.26. The number of rotatable bonds is 4. The van der Waals surface area contributed by atoms with E-state index < -0.39 is 0 Å². The van der Waals surface area contributed by atoms with Crippen LogP contribution in [-0.4, -0.2) is 26.4 Å². The van der Waals surface area contributed by atoms with E-state index in [9.17, 15) is 0 Å². The van der Waals surface area contributed by atoms with E-state index in [-0.39, 0.29) is 0 Å². The van der Waals surface area contributed by atoms with Gasteiger partial charge in [0.15, 0.2) is 0 Å². The molecule has 2 heterocycles. The van der Waals surface area contributed by atoms with Gasteiger partial charge in [0.1, 0.15) is 0 Å². The highest BCUT2D eigenvalue weighted by Gasteiger charge is 2.11. The zero-order chi connectivity index (χ0) is 13.9. The Bertz CT molecular complexity index is 710. The molecule has 0 atom stereocenters. The SMILES string of the molecule is CNCc1ccccc1-n1cncc1-c1cnn(C)c1. The summed E-state index contributed by atoms with van der Waals surface area (Å²) in [6.45, 7) is 0.820. The molecule has 3 aromatic rings. The molecule has 102 valence electrons. The van der Waals surface area contributed by atoms with Crippen LogP contribution in [0.3, 0.4) is 0 Å². The third kappa shape index (κ3) is 2.23. The van der Waals surface area contributed by atoms with Crippen molar-refractivity contribution in [2.75, 3.05) is 7.05 Å². The van der Waals surface area contributed by atoms with Gasteiger partial charge >= 0.3 is 0 Å². The lowest BCUT2D eigenvalue weighted by Crippen LogP contribution is -2.09. The van der Waals surface area contributed by atoms with E-state index in [4.69, 9.17) is 0 Å². The minimum absolute atomic E-state index is 0.820. The Morgan fingerprint density at radius 2 is 2.05 bits per heavy atom. The normalized spacial score (nSPS) is 10.9. The van der Waals surface area contributed by atoms with Crippen molar-refractivity contribution < 1.29 is 0 Å². The first-order chi connectivity index (χ1) is 9.79. The highest BCUT2D eigenvalue weighted by Crippen LogP contribution is 2.24. The second kappa shape index (κ2) is 5.30. The molecule has 0 aliphatic heterocycles. The predicted molar refractivity (Wildman–Crippen MR) is 78.5 cm³/mol. The number of imidazole rings is 1. The first-order valence-electron chi connectivity index (χ1n) is 6.54. The zero-order valence-corrected chi connectivity index (χ0v) is 11.6. The van der Waals surface area contributed by atoms with Crippen molar-refractivity contribution in [1.29, 1.82) is 0 Å². The van der Waals surface area contributed by atoms with Gasteiger partial charge in [0.25, 0.3) is 0 Å². The van der Waals surface area contributed by atoms with Gasteiger partial charge in [-0.1, -0.05) is 18.2 Å². The van der Waals surface area contributed by atoms with Crippen molar-refractivity contribution in [2.24, 2.45) is 7.05 Å². The summed E-state index contributed by atoms with van der Waals surface area (Å²) in [5.74, 6) is 0. The maximum atomic E-state index is 4.29. The fraction of sp³-hybridized carbons (Fsp3) is 0.200. The Labute approximate surface area is 117 Å². The molecule has 3 rings (SSSR count). The van der Waals surface area contributed by atoms with E-state index in [0.717, 1.165) is 23.5 Å². The molecule has 0 aliphatic carbocycles.